The van der Waals surface area contributed by atoms with E-state index in [-0.39, 0.29) is 17.5 Å². The number of ketones is 1. The number of rotatable bonds is 5. The molecule has 27 heavy (non-hydrogen) atoms. The molecule has 0 saturated carbocycles. The van der Waals surface area contributed by atoms with Crippen molar-refractivity contribution in [3.05, 3.63) is 65.5 Å². The molecule has 2 aliphatic heterocycles. The number of carbonyl (C=O) groups is 1. The van der Waals surface area contributed by atoms with Gasteiger partial charge in [-0.1, -0.05) is 36.8 Å². The third kappa shape index (κ3) is 3.77. The van der Waals surface area contributed by atoms with Crippen LogP contribution in [0.2, 0.25) is 0 Å². The summed E-state index contributed by atoms with van der Waals surface area (Å²) in [7, 11) is 1.43. The Bertz CT molecular complexity index is 793. The second kappa shape index (κ2) is 7.81. The first kappa shape index (κ1) is 18.2. The molecular weight excluding hydrogens is 341 g/mol. The highest BCUT2D eigenvalue weighted by atomic mass is 19.1. The molecule has 2 aromatic carbocycles. The number of fused-ring (bicyclic) bond motifs is 2. The normalized spacial score (nSPS) is 25.2. The topological polar surface area (TPSA) is 29.5 Å². The predicted molar refractivity (Wildman–Crippen MR) is 103 cm³/mol. The molecule has 2 atom stereocenters. The van der Waals surface area contributed by atoms with Gasteiger partial charge in [0.05, 0.1) is 7.11 Å². The third-order valence-electron chi connectivity index (χ3n) is 6.14. The van der Waals surface area contributed by atoms with Crippen molar-refractivity contribution in [2.75, 3.05) is 7.11 Å². The molecular formula is C23H26FNO2. The fraction of sp³-hybridized carbons (Fsp3) is 0.435. The van der Waals surface area contributed by atoms with Crippen molar-refractivity contribution >= 4 is 5.78 Å². The maximum Gasteiger partial charge on any atom is 0.166 e. The van der Waals surface area contributed by atoms with E-state index < -0.39 is 5.82 Å². The number of benzene rings is 2. The van der Waals surface area contributed by atoms with Gasteiger partial charge in [0.1, 0.15) is 0 Å². The molecule has 3 nitrogen and oxygen atoms in total. The Balaban J connectivity index is 1.50. The average Bonchev–Trinajstić information content (AvgIpc) is 2.68. The number of methoxy groups -OCH3 is 1. The van der Waals surface area contributed by atoms with E-state index in [1.165, 1.54) is 25.2 Å². The third-order valence-corrected chi connectivity index (χ3v) is 6.14. The molecule has 0 amide bonds. The molecule has 2 aromatic rings. The highest BCUT2D eigenvalue weighted by Gasteiger charge is 2.40. The average molecular weight is 367 g/mol. The standard InChI is InChI=1S/C23H26FNO2/c1-27-22-14-17(10-11-21(22)24)23(26)18-12-19-8-5-9-20(13-18)25(19)15-16-6-3-2-4-7-16/h2-4,6-7,10-11,14,18-20H,5,8-9,12-13,15H2,1H3. The maximum absolute atomic E-state index is 13.7. The largest absolute Gasteiger partial charge is 0.494 e. The van der Waals surface area contributed by atoms with Gasteiger partial charge in [0.15, 0.2) is 17.3 Å². The van der Waals surface area contributed by atoms with Gasteiger partial charge in [-0.2, -0.15) is 0 Å². The molecule has 2 saturated heterocycles. The summed E-state index contributed by atoms with van der Waals surface area (Å²) in [6, 6.07) is 15.9. The Morgan fingerprint density at radius 2 is 1.81 bits per heavy atom. The summed E-state index contributed by atoms with van der Waals surface area (Å²) in [5.74, 6) is -0.141. The van der Waals surface area contributed by atoms with Crippen molar-refractivity contribution in [1.29, 1.82) is 0 Å². The Kier molecular flexibility index (Phi) is 5.26. The molecule has 2 aliphatic rings. The Morgan fingerprint density at radius 1 is 1.11 bits per heavy atom. The molecule has 2 heterocycles. The van der Waals surface area contributed by atoms with E-state index in [1.807, 2.05) is 6.07 Å². The summed E-state index contributed by atoms with van der Waals surface area (Å²) >= 11 is 0. The quantitative estimate of drug-likeness (QED) is 0.708. The number of ether oxygens (including phenoxy) is 1. The van der Waals surface area contributed by atoms with Gasteiger partial charge in [0.2, 0.25) is 0 Å². The molecule has 0 radical (unpaired) electrons. The first-order chi connectivity index (χ1) is 13.2. The lowest BCUT2D eigenvalue weighted by Crippen LogP contribution is -2.52. The van der Waals surface area contributed by atoms with Crippen LogP contribution in [0, 0.1) is 11.7 Å². The lowest BCUT2D eigenvalue weighted by Gasteiger charge is -2.48. The Hall–Kier alpha value is -2.20. The van der Waals surface area contributed by atoms with Crippen LogP contribution in [0.5, 0.6) is 5.75 Å². The van der Waals surface area contributed by atoms with Crippen molar-refractivity contribution in [1.82, 2.24) is 4.90 Å². The molecule has 2 unspecified atom stereocenters. The highest BCUT2D eigenvalue weighted by Crippen LogP contribution is 2.39. The molecule has 0 aliphatic carbocycles. The summed E-state index contributed by atoms with van der Waals surface area (Å²) in [4.78, 5) is 15.7. The molecule has 4 rings (SSSR count). The van der Waals surface area contributed by atoms with E-state index in [4.69, 9.17) is 4.74 Å². The molecule has 2 fully saturated rings. The molecule has 4 heteroatoms. The van der Waals surface area contributed by atoms with E-state index >= 15 is 0 Å². The SMILES string of the molecule is COc1cc(C(=O)C2CC3CCCC(C2)N3Cc2ccccc2)ccc1F. The Labute approximate surface area is 160 Å². The summed E-state index contributed by atoms with van der Waals surface area (Å²) in [5, 5.41) is 0. The van der Waals surface area contributed by atoms with Crippen LogP contribution >= 0.6 is 0 Å². The van der Waals surface area contributed by atoms with Crippen LogP contribution < -0.4 is 4.74 Å². The number of carbonyl (C=O) groups excluding carboxylic acids is 1. The predicted octanol–water partition coefficient (Wildman–Crippen LogP) is 4.85. The van der Waals surface area contributed by atoms with E-state index in [9.17, 15) is 9.18 Å². The molecule has 0 N–H and O–H groups in total. The first-order valence-corrected chi connectivity index (χ1v) is 9.83. The van der Waals surface area contributed by atoms with Crippen LogP contribution in [-0.4, -0.2) is 29.9 Å². The van der Waals surface area contributed by atoms with Crippen LogP contribution in [0.4, 0.5) is 4.39 Å². The van der Waals surface area contributed by atoms with Gasteiger partial charge in [0.25, 0.3) is 0 Å². The van der Waals surface area contributed by atoms with Gasteiger partial charge in [0, 0.05) is 30.1 Å². The zero-order valence-corrected chi connectivity index (χ0v) is 15.7. The smallest absolute Gasteiger partial charge is 0.166 e. The summed E-state index contributed by atoms with van der Waals surface area (Å²) in [6.07, 6.45) is 5.33. The van der Waals surface area contributed by atoms with Gasteiger partial charge >= 0.3 is 0 Å². The summed E-state index contributed by atoms with van der Waals surface area (Å²) in [6.45, 7) is 0.960. The van der Waals surface area contributed by atoms with Crippen LogP contribution in [0.1, 0.15) is 48.0 Å². The van der Waals surface area contributed by atoms with Crippen molar-refractivity contribution in [3.63, 3.8) is 0 Å². The lowest BCUT2D eigenvalue weighted by atomic mass is 9.75. The lowest BCUT2D eigenvalue weighted by molar-refractivity contribution is 0.00905. The monoisotopic (exact) mass is 367 g/mol. The van der Waals surface area contributed by atoms with Crippen LogP contribution in [0.15, 0.2) is 48.5 Å². The number of hydrogen-bond donors (Lipinski definition) is 0. The second-order valence-electron chi connectivity index (χ2n) is 7.78. The zero-order valence-electron chi connectivity index (χ0n) is 15.7. The van der Waals surface area contributed by atoms with Crippen molar-refractivity contribution < 1.29 is 13.9 Å². The van der Waals surface area contributed by atoms with E-state index in [2.05, 4.69) is 29.2 Å². The van der Waals surface area contributed by atoms with E-state index in [0.717, 1.165) is 32.2 Å². The fourth-order valence-corrected chi connectivity index (χ4v) is 4.79. The van der Waals surface area contributed by atoms with Crippen molar-refractivity contribution in [2.24, 2.45) is 5.92 Å². The van der Waals surface area contributed by atoms with Gasteiger partial charge in [-0.05, 0) is 49.4 Å². The second-order valence-corrected chi connectivity index (χ2v) is 7.78. The van der Waals surface area contributed by atoms with E-state index in [1.54, 1.807) is 12.1 Å². The van der Waals surface area contributed by atoms with Gasteiger partial charge < -0.3 is 4.74 Å². The van der Waals surface area contributed by atoms with Crippen LogP contribution in [-0.2, 0) is 6.54 Å². The minimum absolute atomic E-state index is 0.0162. The van der Waals surface area contributed by atoms with Gasteiger partial charge in [-0.25, -0.2) is 4.39 Å². The number of Topliss-reactive ketones (excluding diaryl/α,β-unsaturated/α-hetero) is 1. The number of halogens is 1. The first-order valence-electron chi connectivity index (χ1n) is 9.83. The minimum atomic E-state index is -0.427. The van der Waals surface area contributed by atoms with Gasteiger partial charge in [-0.15, -0.1) is 0 Å². The van der Waals surface area contributed by atoms with E-state index in [0.29, 0.717) is 17.6 Å². The maximum atomic E-state index is 13.7. The van der Waals surface area contributed by atoms with Crippen molar-refractivity contribution in [3.8, 4) is 5.75 Å². The molecule has 2 bridgehead atoms. The number of hydrogen-bond acceptors (Lipinski definition) is 3. The molecule has 142 valence electrons. The number of nitrogens with zero attached hydrogens (tertiary/aromatic N) is 1. The molecule has 0 aromatic heterocycles. The summed E-state index contributed by atoms with van der Waals surface area (Å²) < 4.78 is 18.7. The molecule has 0 spiro atoms. The number of piperidine rings is 2. The fourth-order valence-electron chi connectivity index (χ4n) is 4.79. The van der Waals surface area contributed by atoms with Crippen molar-refractivity contribution in [2.45, 2.75) is 50.7 Å². The highest BCUT2D eigenvalue weighted by molar-refractivity contribution is 5.98. The zero-order chi connectivity index (χ0) is 18.8. The van der Waals surface area contributed by atoms with Crippen LogP contribution in [0.3, 0.4) is 0 Å². The van der Waals surface area contributed by atoms with Gasteiger partial charge in [-0.3, -0.25) is 9.69 Å². The Morgan fingerprint density at radius 3 is 2.48 bits per heavy atom. The minimum Gasteiger partial charge on any atom is -0.494 e. The summed E-state index contributed by atoms with van der Waals surface area (Å²) in [5.41, 5.74) is 1.90. The van der Waals surface area contributed by atoms with Crippen LogP contribution in [0.25, 0.3) is 0 Å².